The Labute approximate surface area is 167 Å². The number of benzene rings is 2. The second-order valence-electron chi connectivity index (χ2n) is 7.06. The van der Waals surface area contributed by atoms with E-state index < -0.39 is 0 Å². The van der Waals surface area contributed by atoms with Crippen molar-refractivity contribution >= 4 is 17.2 Å². The normalized spacial score (nSPS) is 13.4. The lowest BCUT2D eigenvalue weighted by molar-refractivity contribution is -0.118. The fourth-order valence-corrected chi connectivity index (χ4v) is 3.94. The molecule has 1 aliphatic heterocycles. The molecule has 0 aliphatic carbocycles. The van der Waals surface area contributed by atoms with E-state index in [2.05, 4.69) is 28.2 Å². The van der Waals surface area contributed by atoms with Crippen LogP contribution in [0.25, 0.3) is 28.2 Å². The number of nitriles is 1. The SMILES string of the molecule is CN1C(=O)CCc2ccc(-c3c(-c4ccccc4C#N)ncc4nccn34)cc21. The molecule has 0 radical (unpaired) electrons. The summed E-state index contributed by atoms with van der Waals surface area (Å²) in [5.74, 6) is 0.115. The van der Waals surface area contributed by atoms with Gasteiger partial charge in [0.25, 0.3) is 0 Å². The molecule has 140 valence electrons. The van der Waals surface area contributed by atoms with Crippen molar-refractivity contribution in [1.82, 2.24) is 14.4 Å². The quantitative estimate of drug-likeness (QED) is 0.530. The Hall–Kier alpha value is -3.98. The van der Waals surface area contributed by atoms with E-state index in [1.165, 1.54) is 0 Å². The lowest BCUT2D eigenvalue weighted by atomic mass is 9.95. The molecule has 4 aromatic rings. The number of imidazole rings is 1. The molecule has 0 unspecified atom stereocenters. The minimum atomic E-state index is 0.115. The van der Waals surface area contributed by atoms with Crippen LogP contribution in [0.5, 0.6) is 0 Å². The number of carbonyl (C=O) groups excluding carboxylic acids is 1. The monoisotopic (exact) mass is 379 g/mol. The fraction of sp³-hybridized carbons (Fsp3) is 0.130. The van der Waals surface area contributed by atoms with Crippen LogP contribution >= 0.6 is 0 Å². The summed E-state index contributed by atoms with van der Waals surface area (Å²) in [6.45, 7) is 0. The first-order chi connectivity index (χ1) is 14.2. The highest BCUT2D eigenvalue weighted by Crippen LogP contribution is 2.36. The number of hydrogen-bond donors (Lipinski definition) is 0. The van der Waals surface area contributed by atoms with Crippen molar-refractivity contribution in [3.05, 3.63) is 72.2 Å². The predicted molar refractivity (Wildman–Crippen MR) is 110 cm³/mol. The number of carbonyl (C=O) groups is 1. The summed E-state index contributed by atoms with van der Waals surface area (Å²) in [5, 5.41) is 9.60. The van der Waals surface area contributed by atoms with Crippen LogP contribution in [0.4, 0.5) is 5.69 Å². The summed E-state index contributed by atoms with van der Waals surface area (Å²) in [6.07, 6.45) is 6.60. The molecule has 0 atom stereocenters. The van der Waals surface area contributed by atoms with Crippen molar-refractivity contribution < 1.29 is 4.79 Å². The van der Waals surface area contributed by atoms with E-state index >= 15 is 0 Å². The maximum absolute atomic E-state index is 12.2. The van der Waals surface area contributed by atoms with Crippen molar-refractivity contribution in [2.75, 3.05) is 11.9 Å². The number of anilines is 1. The molecule has 3 heterocycles. The second kappa shape index (κ2) is 6.57. The van der Waals surface area contributed by atoms with Crippen molar-refractivity contribution in [2.24, 2.45) is 0 Å². The van der Waals surface area contributed by atoms with Gasteiger partial charge in [0, 0.05) is 42.7 Å². The number of rotatable bonds is 2. The first-order valence-corrected chi connectivity index (χ1v) is 9.39. The van der Waals surface area contributed by atoms with Gasteiger partial charge in [-0.1, -0.05) is 30.3 Å². The number of fused-ring (bicyclic) bond motifs is 2. The Kier molecular flexibility index (Phi) is 3.88. The standard InChI is InChI=1S/C23H17N5O/c1-27-19-12-16(7-6-15(19)8-9-21(27)29)23-22(18-5-3-2-4-17(18)13-24)26-14-20-25-10-11-28(20)23/h2-7,10-12,14H,8-9H2,1H3. The molecule has 0 saturated heterocycles. The summed E-state index contributed by atoms with van der Waals surface area (Å²) in [6, 6.07) is 15.9. The van der Waals surface area contributed by atoms with Gasteiger partial charge in [0.1, 0.15) is 0 Å². The van der Waals surface area contributed by atoms with E-state index in [4.69, 9.17) is 0 Å². The van der Waals surface area contributed by atoms with E-state index in [1.54, 1.807) is 23.4 Å². The minimum absolute atomic E-state index is 0.115. The zero-order valence-corrected chi connectivity index (χ0v) is 15.8. The lowest BCUT2D eigenvalue weighted by Gasteiger charge is -2.26. The molecule has 6 nitrogen and oxygen atoms in total. The van der Waals surface area contributed by atoms with E-state index in [9.17, 15) is 10.1 Å². The molecule has 2 aromatic carbocycles. The minimum Gasteiger partial charge on any atom is -0.315 e. The van der Waals surface area contributed by atoms with E-state index in [1.807, 2.05) is 41.9 Å². The van der Waals surface area contributed by atoms with Crippen molar-refractivity contribution in [1.29, 1.82) is 5.26 Å². The smallest absolute Gasteiger partial charge is 0.227 e. The van der Waals surface area contributed by atoms with Crippen LogP contribution in [0.3, 0.4) is 0 Å². The van der Waals surface area contributed by atoms with Gasteiger partial charge in [0.15, 0.2) is 5.65 Å². The van der Waals surface area contributed by atoms with Gasteiger partial charge >= 0.3 is 0 Å². The number of aryl methyl sites for hydroxylation is 1. The molecule has 1 aliphatic rings. The Morgan fingerprint density at radius 3 is 2.83 bits per heavy atom. The van der Waals surface area contributed by atoms with E-state index in [0.717, 1.165) is 40.1 Å². The van der Waals surface area contributed by atoms with Crippen LogP contribution < -0.4 is 4.90 Å². The van der Waals surface area contributed by atoms with Crippen LogP contribution in [0.15, 0.2) is 61.1 Å². The van der Waals surface area contributed by atoms with Crippen molar-refractivity contribution in [3.63, 3.8) is 0 Å². The zero-order chi connectivity index (χ0) is 20.0. The van der Waals surface area contributed by atoms with Gasteiger partial charge in [-0.25, -0.2) is 4.98 Å². The van der Waals surface area contributed by atoms with Crippen LogP contribution in [0.1, 0.15) is 17.5 Å². The molecular weight excluding hydrogens is 362 g/mol. The number of hydrogen-bond acceptors (Lipinski definition) is 4. The molecule has 0 bridgehead atoms. The summed E-state index contributed by atoms with van der Waals surface area (Å²) in [4.78, 5) is 23.0. The molecule has 6 heteroatoms. The van der Waals surface area contributed by atoms with Crippen LogP contribution in [0.2, 0.25) is 0 Å². The zero-order valence-electron chi connectivity index (χ0n) is 15.8. The Balaban J connectivity index is 1.81. The molecule has 2 aromatic heterocycles. The summed E-state index contributed by atoms with van der Waals surface area (Å²) >= 11 is 0. The van der Waals surface area contributed by atoms with Gasteiger partial charge in [-0.2, -0.15) is 5.26 Å². The van der Waals surface area contributed by atoms with Crippen molar-refractivity contribution in [3.8, 4) is 28.6 Å². The second-order valence-corrected chi connectivity index (χ2v) is 7.06. The largest absolute Gasteiger partial charge is 0.315 e. The maximum atomic E-state index is 12.2. The molecule has 5 rings (SSSR count). The fourth-order valence-electron chi connectivity index (χ4n) is 3.94. The van der Waals surface area contributed by atoms with E-state index in [0.29, 0.717) is 17.7 Å². The topological polar surface area (TPSA) is 74.3 Å². The maximum Gasteiger partial charge on any atom is 0.227 e. The van der Waals surface area contributed by atoms with Crippen LogP contribution in [-0.2, 0) is 11.2 Å². The third-order valence-electron chi connectivity index (χ3n) is 5.45. The molecular formula is C23H17N5O. The Bertz CT molecular complexity index is 1310. The van der Waals surface area contributed by atoms with Crippen molar-refractivity contribution in [2.45, 2.75) is 12.8 Å². The average molecular weight is 379 g/mol. The molecule has 0 N–H and O–H groups in total. The highest BCUT2D eigenvalue weighted by atomic mass is 16.2. The molecule has 29 heavy (non-hydrogen) atoms. The molecule has 0 saturated carbocycles. The lowest BCUT2D eigenvalue weighted by Crippen LogP contribution is -2.31. The number of aromatic nitrogens is 3. The van der Waals surface area contributed by atoms with Gasteiger partial charge in [0.05, 0.1) is 29.2 Å². The highest BCUT2D eigenvalue weighted by Gasteiger charge is 2.23. The summed E-state index contributed by atoms with van der Waals surface area (Å²) in [5.41, 5.74) is 6.59. The van der Waals surface area contributed by atoms with Crippen LogP contribution in [-0.4, -0.2) is 27.3 Å². The number of nitrogens with zero attached hydrogens (tertiary/aromatic N) is 5. The predicted octanol–water partition coefficient (Wildman–Crippen LogP) is 3.84. The average Bonchev–Trinajstić information content (AvgIpc) is 3.24. The summed E-state index contributed by atoms with van der Waals surface area (Å²) in [7, 11) is 1.81. The van der Waals surface area contributed by atoms with Crippen LogP contribution in [0, 0.1) is 11.3 Å². The third-order valence-corrected chi connectivity index (χ3v) is 5.45. The first-order valence-electron chi connectivity index (χ1n) is 9.39. The van der Waals surface area contributed by atoms with Gasteiger partial charge in [0.2, 0.25) is 5.91 Å². The molecule has 0 spiro atoms. The van der Waals surface area contributed by atoms with Gasteiger partial charge in [-0.15, -0.1) is 0 Å². The highest BCUT2D eigenvalue weighted by molar-refractivity contribution is 5.97. The Morgan fingerprint density at radius 1 is 1.10 bits per heavy atom. The third kappa shape index (κ3) is 2.67. The van der Waals surface area contributed by atoms with Gasteiger partial charge < -0.3 is 4.90 Å². The molecule has 0 fully saturated rings. The van der Waals surface area contributed by atoms with Gasteiger partial charge in [-0.3, -0.25) is 14.2 Å². The molecule has 1 amide bonds. The van der Waals surface area contributed by atoms with Gasteiger partial charge in [-0.05, 0) is 24.1 Å². The Morgan fingerprint density at radius 2 is 1.97 bits per heavy atom. The summed E-state index contributed by atoms with van der Waals surface area (Å²) < 4.78 is 1.98. The number of amides is 1. The van der Waals surface area contributed by atoms with E-state index in [-0.39, 0.29) is 5.91 Å². The first kappa shape index (κ1) is 17.1.